The number of hydrogen-bond donors (Lipinski definition) is 1. The molecule has 2 nitrogen and oxygen atoms in total. The van der Waals surface area contributed by atoms with Gasteiger partial charge in [0.25, 0.3) is 5.91 Å². The van der Waals surface area contributed by atoms with Crippen LogP contribution in [0.1, 0.15) is 10.4 Å². The average Bonchev–Trinajstić information content (AvgIpc) is 2.33. The van der Waals surface area contributed by atoms with Gasteiger partial charge in [0.1, 0.15) is 11.6 Å². The predicted octanol–water partition coefficient (Wildman–Crippen LogP) is 3.87. The molecular weight excluding hydrogens is 307 g/mol. The molecule has 0 heterocycles. The van der Waals surface area contributed by atoms with Crippen LogP contribution in [0.25, 0.3) is 0 Å². The Bertz CT molecular complexity index is 590. The van der Waals surface area contributed by atoms with Crippen LogP contribution >= 0.6 is 11.6 Å². The fourth-order valence-corrected chi connectivity index (χ4v) is 1.51. The van der Waals surface area contributed by atoms with Crippen LogP contribution in [0, 0.1) is 11.6 Å². The number of carbonyl (C=O) groups is 1. The van der Waals surface area contributed by atoms with Crippen molar-refractivity contribution in [2.75, 3.05) is 5.32 Å². The van der Waals surface area contributed by atoms with Gasteiger partial charge in [-0.1, -0.05) is 11.6 Å². The third kappa shape index (κ3) is 4.13. The monoisotopic (exact) mass is 315 g/mol. The van der Waals surface area contributed by atoms with Crippen LogP contribution in [-0.2, 0) is 21.7 Å². The van der Waals surface area contributed by atoms with E-state index in [0.29, 0.717) is 16.7 Å². The van der Waals surface area contributed by atoms with Gasteiger partial charge in [-0.3, -0.25) is 4.79 Å². The summed E-state index contributed by atoms with van der Waals surface area (Å²) in [7, 11) is 0. The van der Waals surface area contributed by atoms with E-state index in [1.54, 1.807) is 12.1 Å². The third-order valence-corrected chi connectivity index (χ3v) is 2.54. The molecule has 2 aromatic carbocycles. The van der Waals surface area contributed by atoms with Gasteiger partial charge in [0, 0.05) is 38.4 Å². The first-order valence-electron chi connectivity index (χ1n) is 5.08. The molecule has 0 aromatic heterocycles. The van der Waals surface area contributed by atoms with E-state index in [4.69, 9.17) is 11.6 Å². The number of rotatable bonds is 2. The molecule has 2 rings (SSSR count). The molecule has 0 bridgehead atoms. The van der Waals surface area contributed by atoms with Gasteiger partial charge < -0.3 is 5.32 Å². The van der Waals surface area contributed by atoms with Gasteiger partial charge in [-0.2, -0.15) is 0 Å². The van der Waals surface area contributed by atoms with Crippen LogP contribution in [-0.4, -0.2) is 5.91 Å². The number of amides is 1. The normalized spacial score (nSPS) is 9.63. The van der Waals surface area contributed by atoms with Crippen LogP contribution in [0.3, 0.4) is 0 Å². The standard InChI is InChI=1S/C13H8ClF2NO.Ti/c14-9-3-1-8(2-4-9)13(18)17-12-6-5-10(15)7-11(12)16;/h1-7H,(H,17,18);. The first-order chi connectivity index (χ1) is 8.56. The third-order valence-electron chi connectivity index (χ3n) is 2.29. The Balaban J connectivity index is 0.00000180. The summed E-state index contributed by atoms with van der Waals surface area (Å²) in [6.07, 6.45) is 0. The molecule has 1 N–H and O–H groups in total. The average molecular weight is 316 g/mol. The number of nitrogens with one attached hydrogen (secondary N) is 1. The Morgan fingerprint density at radius 3 is 2.26 bits per heavy atom. The van der Waals surface area contributed by atoms with Crippen molar-refractivity contribution in [3.63, 3.8) is 0 Å². The maximum Gasteiger partial charge on any atom is 0.255 e. The molecule has 6 heteroatoms. The molecule has 0 aliphatic heterocycles. The minimum Gasteiger partial charge on any atom is -0.319 e. The van der Waals surface area contributed by atoms with E-state index in [1.807, 2.05) is 0 Å². The van der Waals surface area contributed by atoms with Gasteiger partial charge in [0.15, 0.2) is 0 Å². The number of halogens is 3. The van der Waals surface area contributed by atoms with Crippen molar-refractivity contribution >= 4 is 23.2 Å². The van der Waals surface area contributed by atoms with Gasteiger partial charge in [0.2, 0.25) is 0 Å². The molecule has 0 saturated heterocycles. The zero-order valence-corrected chi connectivity index (χ0v) is 11.9. The molecule has 0 atom stereocenters. The molecule has 96 valence electrons. The number of carbonyl (C=O) groups excluding carboxylic acids is 1. The summed E-state index contributed by atoms with van der Waals surface area (Å²) in [5.74, 6) is -2.01. The van der Waals surface area contributed by atoms with E-state index in [1.165, 1.54) is 18.2 Å². The van der Waals surface area contributed by atoms with E-state index < -0.39 is 17.5 Å². The van der Waals surface area contributed by atoms with Crippen molar-refractivity contribution in [3.05, 3.63) is 64.7 Å². The molecule has 0 spiro atoms. The summed E-state index contributed by atoms with van der Waals surface area (Å²) >= 11 is 5.69. The van der Waals surface area contributed by atoms with Gasteiger partial charge in [0.05, 0.1) is 5.69 Å². The number of benzene rings is 2. The van der Waals surface area contributed by atoms with E-state index in [0.717, 1.165) is 6.07 Å². The molecule has 0 saturated carbocycles. The van der Waals surface area contributed by atoms with Gasteiger partial charge in [-0.15, -0.1) is 0 Å². The largest absolute Gasteiger partial charge is 0.319 e. The van der Waals surface area contributed by atoms with Crippen molar-refractivity contribution in [2.24, 2.45) is 0 Å². The van der Waals surface area contributed by atoms with Crippen molar-refractivity contribution in [1.82, 2.24) is 0 Å². The summed E-state index contributed by atoms with van der Waals surface area (Å²) in [6.45, 7) is 0. The molecule has 0 fully saturated rings. The van der Waals surface area contributed by atoms with Crippen LogP contribution < -0.4 is 5.32 Å². The second kappa shape index (κ2) is 6.80. The minimum absolute atomic E-state index is 0. The Morgan fingerprint density at radius 2 is 1.68 bits per heavy atom. The van der Waals surface area contributed by atoms with Crippen molar-refractivity contribution in [2.45, 2.75) is 0 Å². The predicted molar refractivity (Wildman–Crippen MR) is 65.8 cm³/mol. The number of hydrogen-bond acceptors (Lipinski definition) is 1. The molecule has 0 aliphatic carbocycles. The Kier molecular flexibility index (Phi) is 5.67. The van der Waals surface area contributed by atoms with Crippen molar-refractivity contribution in [3.8, 4) is 0 Å². The molecule has 2 aromatic rings. The second-order valence-electron chi connectivity index (χ2n) is 3.59. The van der Waals surface area contributed by atoms with Gasteiger partial charge in [-0.25, -0.2) is 8.78 Å². The second-order valence-corrected chi connectivity index (χ2v) is 4.02. The molecule has 0 unspecified atom stereocenters. The summed E-state index contributed by atoms with van der Waals surface area (Å²) in [6, 6.07) is 9.07. The van der Waals surface area contributed by atoms with Crippen LogP contribution in [0.5, 0.6) is 0 Å². The molecule has 0 radical (unpaired) electrons. The topological polar surface area (TPSA) is 29.1 Å². The van der Waals surface area contributed by atoms with E-state index in [-0.39, 0.29) is 27.4 Å². The molecular formula is C13H8ClF2NOTi. The van der Waals surface area contributed by atoms with E-state index in [2.05, 4.69) is 5.32 Å². The molecule has 0 aliphatic rings. The Hall–Kier alpha value is -1.23. The van der Waals surface area contributed by atoms with Crippen LogP contribution in [0.15, 0.2) is 42.5 Å². The number of anilines is 1. The zero-order chi connectivity index (χ0) is 13.1. The van der Waals surface area contributed by atoms with Crippen LogP contribution in [0.4, 0.5) is 14.5 Å². The van der Waals surface area contributed by atoms with Gasteiger partial charge >= 0.3 is 0 Å². The van der Waals surface area contributed by atoms with Crippen LogP contribution in [0.2, 0.25) is 5.02 Å². The molecule has 19 heavy (non-hydrogen) atoms. The Morgan fingerprint density at radius 1 is 1.05 bits per heavy atom. The summed E-state index contributed by atoms with van der Waals surface area (Å²) in [4.78, 5) is 11.7. The zero-order valence-electron chi connectivity index (χ0n) is 9.58. The molecule has 1 amide bonds. The van der Waals surface area contributed by atoms with E-state index in [9.17, 15) is 13.6 Å². The summed E-state index contributed by atoms with van der Waals surface area (Å²) in [5.41, 5.74) is 0.263. The fraction of sp³-hybridized carbons (Fsp3) is 0. The maximum absolute atomic E-state index is 13.3. The van der Waals surface area contributed by atoms with Gasteiger partial charge in [-0.05, 0) is 36.4 Å². The quantitative estimate of drug-likeness (QED) is 0.838. The smallest absolute Gasteiger partial charge is 0.255 e. The maximum atomic E-state index is 13.3. The van der Waals surface area contributed by atoms with E-state index >= 15 is 0 Å². The van der Waals surface area contributed by atoms with Crippen molar-refractivity contribution < 1.29 is 35.3 Å². The fourth-order valence-electron chi connectivity index (χ4n) is 1.39. The first-order valence-corrected chi connectivity index (χ1v) is 5.46. The SMILES string of the molecule is O=C(Nc1ccc(F)cc1F)c1ccc(Cl)cc1.[Ti]. The minimum atomic E-state index is -0.822. The van der Waals surface area contributed by atoms with Crippen molar-refractivity contribution in [1.29, 1.82) is 0 Å². The Labute approximate surface area is 128 Å². The summed E-state index contributed by atoms with van der Waals surface area (Å²) in [5, 5.41) is 2.85. The first kappa shape index (κ1) is 15.8. The summed E-state index contributed by atoms with van der Waals surface area (Å²) < 4.78 is 26.0.